The second-order valence-corrected chi connectivity index (χ2v) is 7.23. The molecule has 0 aliphatic heterocycles. The van der Waals surface area contributed by atoms with Crippen LogP contribution < -0.4 is 15.8 Å². The Morgan fingerprint density at radius 3 is 2.52 bits per heavy atom. The number of anilines is 2. The summed E-state index contributed by atoms with van der Waals surface area (Å²) < 4.78 is 22.4. The Hall–Kier alpha value is -2.26. The molecule has 0 atom stereocenters. The summed E-state index contributed by atoms with van der Waals surface area (Å²) >= 11 is 0. The maximum absolute atomic E-state index is 11.2. The molecule has 0 saturated heterocycles. The molecule has 2 aromatic rings. The first-order valence-electron chi connectivity index (χ1n) is 8.28. The normalized spacial score (nSPS) is 11.3. The third kappa shape index (κ3) is 6.63. The fourth-order valence-corrected chi connectivity index (χ4v) is 2.73. The zero-order valence-corrected chi connectivity index (χ0v) is 15.1. The molecule has 1 heterocycles. The van der Waals surface area contributed by atoms with Gasteiger partial charge in [-0.15, -0.1) is 5.10 Å². The predicted octanol–water partition coefficient (Wildman–Crippen LogP) is 1.78. The van der Waals surface area contributed by atoms with Crippen LogP contribution in [0.1, 0.15) is 31.7 Å². The highest BCUT2D eigenvalue weighted by Crippen LogP contribution is 2.10. The van der Waals surface area contributed by atoms with E-state index < -0.39 is 10.0 Å². The fraction of sp³-hybridized carbons (Fsp3) is 0.438. The maximum atomic E-state index is 11.2. The fourth-order valence-electron chi connectivity index (χ4n) is 2.22. The Labute approximate surface area is 148 Å². The summed E-state index contributed by atoms with van der Waals surface area (Å²) in [6.45, 7) is 3.63. The number of nitrogens with one attached hydrogen (secondary N) is 2. The van der Waals surface area contributed by atoms with Crippen molar-refractivity contribution < 1.29 is 8.42 Å². The third-order valence-corrected chi connectivity index (χ3v) is 4.52. The number of benzene rings is 1. The summed E-state index contributed by atoms with van der Waals surface area (Å²) in [5.41, 5.74) is 1.000. The molecular formula is C16H24N6O2S. The molecule has 0 radical (unpaired) electrons. The number of unbranched alkanes of at least 4 members (excludes halogenated alkanes) is 2. The second kappa shape index (κ2) is 9.28. The molecule has 0 bridgehead atoms. The van der Waals surface area contributed by atoms with Gasteiger partial charge >= 0.3 is 0 Å². The van der Waals surface area contributed by atoms with Gasteiger partial charge in [0.1, 0.15) is 0 Å². The molecule has 1 aromatic heterocycles. The number of aromatic nitrogens is 3. The molecule has 1 aromatic carbocycles. The molecule has 25 heavy (non-hydrogen) atoms. The van der Waals surface area contributed by atoms with E-state index in [4.69, 9.17) is 5.14 Å². The number of sulfonamides is 1. The van der Waals surface area contributed by atoms with Crippen LogP contribution in [0.3, 0.4) is 0 Å². The molecule has 0 saturated carbocycles. The van der Waals surface area contributed by atoms with Crippen LogP contribution in [-0.2, 0) is 16.4 Å². The van der Waals surface area contributed by atoms with Gasteiger partial charge in [0.15, 0.2) is 5.82 Å². The van der Waals surface area contributed by atoms with E-state index in [0.29, 0.717) is 24.7 Å². The van der Waals surface area contributed by atoms with Gasteiger partial charge in [-0.25, -0.2) is 13.6 Å². The standard InChI is InChI=1S/C16H24N6O2S/c1-2-3-4-10-19-16-21-15(12-20-22-16)18-11-9-13-5-7-14(8-6-13)25(17,23)24/h5-8,12H,2-4,9-11H2,1H3,(H2,17,23,24)(H2,18,19,21,22). The average molecular weight is 364 g/mol. The molecule has 0 aliphatic rings. The zero-order valence-electron chi connectivity index (χ0n) is 14.3. The largest absolute Gasteiger partial charge is 0.368 e. The van der Waals surface area contributed by atoms with Gasteiger partial charge in [-0.1, -0.05) is 31.9 Å². The van der Waals surface area contributed by atoms with Crippen molar-refractivity contribution in [2.45, 2.75) is 37.5 Å². The lowest BCUT2D eigenvalue weighted by Gasteiger charge is -2.08. The first kappa shape index (κ1) is 19.1. The Bertz CT molecular complexity index is 764. The number of primary sulfonamides is 1. The lowest BCUT2D eigenvalue weighted by Crippen LogP contribution is -2.12. The van der Waals surface area contributed by atoms with E-state index >= 15 is 0 Å². The average Bonchev–Trinajstić information content (AvgIpc) is 2.59. The molecule has 2 rings (SSSR count). The SMILES string of the molecule is CCCCCNc1nncc(NCCc2ccc(S(N)(=O)=O)cc2)n1. The molecule has 9 heteroatoms. The van der Waals surface area contributed by atoms with Crippen molar-refractivity contribution >= 4 is 21.8 Å². The highest BCUT2D eigenvalue weighted by atomic mass is 32.2. The van der Waals surface area contributed by atoms with Gasteiger partial charge in [0, 0.05) is 13.1 Å². The van der Waals surface area contributed by atoms with Crippen molar-refractivity contribution in [1.29, 1.82) is 0 Å². The highest BCUT2D eigenvalue weighted by Gasteiger charge is 2.06. The first-order chi connectivity index (χ1) is 12.0. The number of hydrogen-bond acceptors (Lipinski definition) is 7. The second-order valence-electron chi connectivity index (χ2n) is 5.66. The van der Waals surface area contributed by atoms with E-state index in [1.165, 1.54) is 25.0 Å². The summed E-state index contributed by atoms with van der Waals surface area (Å²) in [5, 5.41) is 19.3. The Morgan fingerprint density at radius 2 is 1.84 bits per heavy atom. The molecular weight excluding hydrogens is 340 g/mol. The minimum atomic E-state index is -3.65. The predicted molar refractivity (Wildman–Crippen MR) is 97.9 cm³/mol. The zero-order chi connectivity index (χ0) is 18.1. The van der Waals surface area contributed by atoms with Crippen LogP contribution in [0.2, 0.25) is 0 Å². The van der Waals surface area contributed by atoms with Crippen LogP contribution in [0.5, 0.6) is 0 Å². The quantitative estimate of drug-likeness (QED) is 0.549. The lowest BCUT2D eigenvalue weighted by molar-refractivity contribution is 0.598. The maximum Gasteiger partial charge on any atom is 0.244 e. The Morgan fingerprint density at radius 1 is 1.08 bits per heavy atom. The number of nitrogens with two attached hydrogens (primary N) is 1. The van der Waals surface area contributed by atoms with Crippen LogP contribution in [0.25, 0.3) is 0 Å². The molecule has 0 fully saturated rings. The van der Waals surface area contributed by atoms with Crippen molar-refractivity contribution in [2.75, 3.05) is 23.7 Å². The highest BCUT2D eigenvalue weighted by molar-refractivity contribution is 7.89. The molecule has 0 amide bonds. The summed E-state index contributed by atoms with van der Waals surface area (Å²) in [6, 6.07) is 6.52. The number of hydrogen-bond donors (Lipinski definition) is 3. The van der Waals surface area contributed by atoms with Gasteiger partial charge in [-0.2, -0.15) is 10.1 Å². The topological polar surface area (TPSA) is 123 Å². The molecule has 136 valence electrons. The van der Waals surface area contributed by atoms with E-state index in [1.54, 1.807) is 18.3 Å². The smallest absolute Gasteiger partial charge is 0.244 e. The van der Waals surface area contributed by atoms with Gasteiger partial charge in [0.25, 0.3) is 0 Å². The van der Waals surface area contributed by atoms with E-state index in [2.05, 4.69) is 32.7 Å². The lowest BCUT2D eigenvalue weighted by atomic mass is 10.1. The summed E-state index contributed by atoms with van der Waals surface area (Å²) in [7, 11) is -3.65. The van der Waals surface area contributed by atoms with Crippen molar-refractivity contribution in [1.82, 2.24) is 15.2 Å². The monoisotopic (exact) mass is 364 g/mol. The summed E-state index contributed by atoms with van der Waals surface area (Å²) in [5.74, 6) is 1.16. The van der Waals surface area contributed by atoms with Crippen molar-refractivity contribution in [3.63, 3.8) is 0 Å². The van der Waals surface area contributed by atoms with Gasteiger partial charge in [-0.05, 0) is 30.5 Å². The van der Waals surface area contributed by atoms with Crippen molar-refractivity contribution in [2.24, 2.45) is 5.14 Å². The number of rotatable bonds is 10. The molecule has 0 aliphatic carbocycles. The Balaban J connectivity index is 1.81. The van der Waals surface area contributed by atoms with E-state index in [1.807, 2.05) is 0 Å². The van der Waals surface area contributed by atoms with Crippen molar-refractivity contribution in [3.05, 3.63) is 36.0 Å². The van der Waals surface area contributed by atoms with E-state index in [0.717, 1.165) is 18.5 Å². The van der Waals surface area contributed by atoms with Crippen LogP contribution in [0, 0.1) is 0 Å². The van der Waals surface area contributed by atoms with Gasteiger partial charge in [0.2, 0.25) is 16.0 Å². The minimum Gasteiger partial charge on any atom is -0.368 e. The molecule has 4 N–H and O–H groups in total. The summed E-state index contributed by atoms with van der Waals surface area (Å²) in [6.07, 6.45) is 5.70. The van der Waals surface area contributed by atoms with Crippen LogP contribution in [0.15, 0.2) is 35.4 Å². The number of nitrogens with zero attached hydrogens (tertiary/aromatic N) is 3. The van der Waals surface area contributed by atoms with Crippen molar-refractivity contribution in [3.8, 4) is 0 Å². The van der Waals surface area contributed by atoms with Crippen LogP contribution >= 0.6 is 0 Å². The molecule has 8 nitrogen and oxygen atoms in total. The van der Waals surface area contributed by atoms with Gasteiger partial charge in [0.05, 0.1) is 11.1 Å². The first-order valence-corrected chi connectivity index (χ1v) is 9.83. The van der Waals surface area contributed by atoms with Gasteiger partial charge < -0.3 is 10.6 Å². The van der Waals surface area contributed by atoms with E-state index in [-0.39, 0.29) is 4.90 Å². The summed E-state index contributed by atoms with van der Waals surface area (Å²) in [4.78, 5) is 4.47. The molecule has 0 unspecified atom stereocenters. The van der Waals surface area contributed by atoms with Crippen LogP contribution in [-0.4, -0.2) is 36.7 Å². The van der Waals surface area contributed by atoms with Gasteiger partial charge in [-0.3, -0.25) is 0 Å². The van der Waals surface area contributed by atoms with E-state index in [9.17, 15) is 8.42 Å². The minimum absolute atomic E-state index is 0.114. The third-order valence-electron chi connectivity index (χ3n) is 3.59. The van der Waals surface area contributed by atoms with Crippen LogP contribution in [0.4, 0.5) is 11.8 Å². The molecule has 0 spiro atoms. The Kier molecular flexibility index (Phi) is 7.08.